The Morgan fingerprint density at radius 3 is 2.74 bits per heavy atom. The van der Waals surface area contributed by atoms with E-state index in [4.69, 9.17) is 4.42 Å². The molecule has 0 radical (unpaired) electrons. The van der Waals surface area contributed by atoms with Crippen molar-refractivity contribution in [1.29, 1.82) is 0 Å². The average molecular weight is 315 g/mol. The normalized spacial score (nSPS) is 11.3. The first-order valence-corrected chi connectivity index (χ1v) is 7.58. The lowest BCUT2D eigenvalue weighted by molar-refractivity contribution is -0.134. The summed E-state index contributed by atoms with van der Waals surface area (Å²) in [7, 11) is 1.29. The van der Waals surface area contributed by atoms with E-state index in [0.29, 0.717) is 16.8 Å². The molecule has 0 spiro atoms. The van der Waals surface area contributed by atoms with Gasteiger partial charge in [0.25, 0.3) is 0 Å². The Morgan fingerprint density at radius 2 is 2.13 bits per heavy atom. The molecular weight excluding hydrogens is 294 g/mol. The maximum absolute atomic E-state index is 12.3. The zero-order valence-corrected chi connectivity index (χ0v) is 13.8. The molecule has 5 nitrogen and oxygen atoms in total. The van der Waals surface area contributed by atoms with E-state index < -0.39 is 11.6 Å². The number of aryl methyl sites for hydroxylation is 1. The van der Waals surface area contributed by atoms with Crippen LogP contribution in [0.1, 0.15) is 31.9 Å². The highest BCUT2D eigenvalue weighted by molar-refractivity contribution is 5.96. The van der Waals surface area contributed by atoms with E-state index in [1.807, 2.05) is 39.0 Å². The van der Waals surface area contributed by atoms with Crippen molar-refractivity contribution < 1.29 is 13.9 Å². The van der Waals surface area contributed by atoms with Gasteiger partial charge in [-0.1, -0.05) is 13.0 Å². The van der Waals surface area contributed by atoms with Gasteiger partial charge in [0.15, 0.2) is 0 Å². The van der Waals surface area contributed by atoms with Crippen molar-refractivity contribution in [3.8, 4) is 0 Å². The minimum Gasteiger partial charge on any atom is -0.466 e. The molecule has 5 heteroatoms. The van der Waals surface area contributed by atoms with Gasteiger partial charge in [-0.15, -0.1) is 0 Å². The first-order chi connectivity index (χ1) is 11.0. The fraction of sp³-hybridized carbons (Fsp3) is 0.333. The van der Waals surface area contributed by atoms with Crippen molar-refractivity contribution in [2.24, 2.45) is 0 Å². The number of carbonyl (C=O) groups excluding carboxylic acids is 1. The van der Waals surface area contributed by atoms with Gasteiger partial charge >= 0.3 is 11.6 Å². The van der Waals surface area contributed by atoms with Crippen molar-refractivity contribution in [2.45, 2.75) is 33.2 Å². The minimum atomic E-state index is -0.527. The molecule has 0 aliphatic rings. The lowest BCUT2D eigenvalue weighted by atomic mass is 10.1. The van der Waals surface area contributed by atoms with Gasteiger partial charge in [-0.3, -0.25) is 0 Å². The standard InChI is InChI=1S/C18H21NO4/c1-5-12-6-7-13-15(10-12)23-18(21)14(8-9-16(20)22-4)17(13)19-11(2)3/h6-11,19H,5H2,1-4H3/b9-8-. The SMILES string of the molecule is CCc1ccc2c(NC(C)C)c(/C=C\C(=O)OC)c(=O)oc2c1. The molecule has 1 aromatic heterocycles. The number of hydrogen-bond donors (Lipinski definition) is 1. The van der Waals surface area contributed by atoms with E-state index in [1.165, 1.54) is 19.3 Å². The Bertz CT molecular complexity index is 803. The summed E-state index contributed by atoms with van der Waals surface area (Å²) in [5, 5.41) is 4.08. The molecule has 0 amide bonds. The predicted molar refractivity (Wildman–Crippen MR) is 91.7 cm³/mol. The molecule has 1 heterocycles. The van der Waals surface area contributed by atoms with E-state index in [9.17, 15) is 9.59 Å². The van der Waals surface area contributed by atoms with Crippen molar-refractivity contribution in [2.75, 3.05) is 12.4 Å². The molecule has 0 aliphatic heterocycles. The number of carbonyl (C=O) groups is 1. The van der Waals surface area contributed by atoms with Crippen LogP contribution in [0.5, 0.6) is 0 Å². The molecule has 0 fully saturated rings. The number of benzene rings is 1. The summed E-state index contributed by atoms with van der Waals surface area (Å²) >= 11 is 0. The van der Waals surface area contributed by atoms with Crippen LogP contribution in [-0.4, -0.2) is 19.1 Å². The Kier molecular flexibility index (Phi) is 5.21. The van der Waals surface area contributed by atoms with E-state index in [-0.39, 0.29) is 6.04 Å². The highest BCUT2D eigenvalue weighted by Gasteiger charge is 2.14. The fourth-order valence-corrected chi connectivity index (χ4v) is 2.29. The van der Waals surface area contributed by atoms with Crippen LogP contribution in [-0.2, 0) is 16.0 Å². The first kappa shape index (κ1) is 16.8. The molecule has 0 atom stereocenters. The highest BCUT2D eigenvalue weighted by atomic mass is 16.5. The number of rotatable bonds is 5. The Hall–Kier alpha value is -2.56. The number of hydrogen-bond acceptors (Lipinski definition) is 5. The molecule has 2 aromatic rings. The summed E-state index contributed by atoms with van der Waals surface area (Å²) in [6, 6.07) is 5.92. The monoisotopic (exact) mass is 315 g/mol. The molecule has 0 saturated heterocycles. The third kappa shape index (κ3) is 3.80. The number of anilines is 1. The summed E-state index contributed by atoms with van der Waals surface area (Å²) in [6.45, 7) is 6.00. The van der Waals surface area contributed by atoms with Gasteiger partial charge in [0, 0.05) is 17.5 Å². The second-order valence-electron chi connectivity index (χ2n) is 5.52. The molecule has 2 rings (SSSR count). The molecule has 23 heavy (non-hydrogen) atoms. The Labute approximate surface area is 134 Å². The summed E-state index contributed by atoms with van der Waals surface area (Å²) in [5.74, 6) is -0.527. The second kappa shape index (κ2) is 7.13. The Balaban J connectivity index is 2.69. The van der Waals surface area contributed by atoms with Crippen LogP contribution in [0, 0.1) is 0 Å². The molecule has 1 N–H and O–H groups in total. The minimum absolute atomic E-state index is 0.121. The third-order valence-electron chi connectivity index (χ3n) is 3.44. The van der Waals surface area contributed by atoms with Crippen molar-refractivity contribution in [1.82, 2.24) is 0 Å². The second-order valence-corrected chi connectivity index (χ2v) is 5.52. The average Bonchev–Trinajstić information content (AvgIpc) is 2.52. The van der Waals surface area contributed by atoms with Crippen LogP contribution >= 0.6 is 0 Å². The van der Waals surface area contributed by atoms with Crippen LogP contribution in [0.25, 0.3) is 17.0 Å². The quantitative estimate of drug-likeness (QED) is 0.520. The van der Waals surface area contributed by atoms with E-state index in [1.54, 1.807) is 0 Å². The van der Waals surface area contributed by atoms with Crippen LogP contribution < -0.4 is 10.9 Å². The highest BCUT2D eigenvalue weighted by Crippen LogP contribution is 2.28. The maximum atomic E-state index is 12.3. The third-order valence-corrected chi connectivity index (χ3v) is 3.44. The van der Waals surface area contributed by atoms with Crippen LogP contribution in [0.4, 0.5) is 5.69 Å². The summed E-state index contributed by atoms with van der Waals surface area (Å²) in [6.07, 6.45) is 3.50. The predicted octanol–water partition coefficient (Wildman–Crippen LogP) is 3.36. The smallest absolute Gasteiger partial charge is 0.345 e. The molecule has 0 aliphatic carbocycles. The van der Waals surface area contributed by atoms with Gasteiger partial charge < -0.3 is 14.5 Å². The van der Waals surface area contributed by atoms with Crippen molar-refractivity contribution in [3.63, 3.8) is 0 Å². The first-order valence-electron chi connectivity index (χ1n) is 7.58. The maximum Gasteiger partial charge on any atom is 0.345 e. The van der Waals surface area contributed by atoms with Crippen LogP contribution in [0.3, 0.4) is 0 Å². The van der Waals surface area contributed by atoms with Crippen LogP contribution in [0.2, 0.25) is 0 Å². The number of methoxy groups -OCH3 is 1. The number of ether oxygens (including phenoxy) is 1. The largest absolute Gasteiger partial charge is 0.466 e. The Morgan fingerprint density at radius 1 is 1.39 bits per heavy atom. The molecule has 122 valence electrons. The number of nitrogens with one attached hydrogen (secondary N) is 1. The van der Waals surface area contributed by atoms with Gasteiger partial charge in [-0.2, -0.15) is 0 Å². The van der Waals surface area contributed by atoms with Crippen molar-refractivity contribution >= 4 is 28.7 Å². The molecule has 0 saturated carbocycles. The fourth-order valence-electron chi connectivity index (χ4n) is 2.29. The summed E-state index contributed by atoms with van der Waals surface area (Å²) in [4.78, 5) is 23.6. The zero-order valence-electron chi connectivity index (χ0n) is 13.8. The van der Waals surface area contributed by atoms with Gasteiger partial charge in [-0.05, 0) is 44.0 Å². The van der Waals surface area contributed by atoms with Gasteiger partial charge in [0.1, 0.15) is 5.58 Å². The molecular formula is C18H21NO4. The van der Waals surface area contributed by atoms with Crippen molar-refractivity contribution in [3.05, 3.63) is 45.8 Å². The zero-order chi connectivity index (χ0) is 17.0. The summed E-state index contributed by atoms with van der Waals surface area (Å²) < 4.78 is 10.00. The molecule has 0 bridgehead atoms. The lowest BCUT2D eigenvalue weighted by Crippen LogP contribution is -2.16. The number of esters is 1. The van der Waals surface area contributed by atoms with Gasteiger partial charge in [-0.25, -0.2) is 9.59 Å². The van der Waals surface area contributed by atoms with E-state index in [2.05, 4.69) is 10.1 Å². The molecule has 1 aromatic carbocycles. The number of fused-ring (bicyclic) bond motifs is 1. The molecule has 0 unspecified atom stereocenters. The van der Waals surface area contributed by atoms with E-state index in [0.717, 1.165) is 17.4 Å². The summed E-state index contributed by atoms with van der Waals surface area (Å²) in [5.41, 5.74) is 2.10. The topological polar surface area (TPSA) is 68.5 Å². The van der Waals surface area contributed by atoms with E-state index >= 15 is 0 Å². The van der Waals surface area contributed by atoms with Gasteiger partial charge in [0.2, 0.25) is 0 Å². The van der Waals surface area contributed by atoms with Crippen LogP contribution in [0.15, 0.2) is 33.5 Å². The van der Waals surface area contributed by atoms with Gasteiger partial charge in [0.05, 0.1) is 18.4 Å². The lowest BCUT2D eigenvalue weighted by Gasteiger charge is -2.15.